The second-order valence-electron chi connectivity index (χ2n) is 4.96. The summed E-state index contributed by atoms with van der Waals surface area (Å²) < 4.78 is 5.39. The van der Waals surface area contributed by atoms with Crippen LogP contribution in [0.15, 0.2) is 0 Å². The van der Waals surface area contributed by atoms with Crippen LogP contribution in [0.5, 0.6) is 0 Å². The van der Waals surface area contributed by atoms with E-state index in [-0.39, 0.29) is 0 Å². The average Bonchev–Trinajstić information content (AvgIpc) is 2.35. The first kappa shape index (κ1) is 17.4. The Hall–Kier alpha value is -0.570. The Morgan fingerprint density at radius 2 is 1.50 bits per heavy atom. The van der Waals surface area contributed by atoms with Gasteiger partial charge in [0.15, 0.2) is 6.10 Å². The van der Waals surface area contributed by atoms with Crippen LogP contribution in [0.25, 0.3) is 0 Å². The van der Waals surface area contributed by atoms with Crippen LogP contribution in [0.3, 0.4) is 0 Å². The number of carboxylic acids is 1. The zero-order valence-electron chi connectivity index (χ0n) is 12.1. The van der Waals surface area contributed by atoms with Gasteiger partial charge >= 0.3 is 5.97 Å². The first-order chi connectivity index (χ1) is 8.72. The third-order valence-electron chi connectivity index (χ3n) is 3.16. The van der Waals surface area contributed by atoms with Gasteiger partial charge in [-0.2, -0.15) is 0 Å². The van der Waals surface area contributed by atoms with Crippen LogP contribution >= 0.6 is 0 Å². The van der Waals surface area contributed by atoms with E-state index in [1.165, 1.54) is 32.1 Å². The van der Waals surface area contributed by atoms with E-state index in [0.29, 0.717) is 13.0 Å². The Kier molecular flexibility index (Phi) is 12.5. The largest absolute Gasteiger partial charge is 0.479 e. The van der Waals surface area contributed by atoms with Crippen LogP contribution in [-0.2, 0) is 9.53 Å². The van der Waals surface area contributed by atoms with Crippen LogP contribution in [0.2, 0.25) is 0 Å². The smallest absolute Gasteiger partial charge is 0.332 e. The molecule has 0 spiro atoms. The fourth-order valence-electron chi connectivity index (χ4n) is 1.93. The summed E-state index contributed by atoms with van der Waals surface area (Å²) in [7, 11) is 0. The number of aliphatic carboxylic acids is 1. The highest BCUT2D eigenvalue weighted by Gasteiger charge is 2.16. The van der Waals surface area contributed by atoms with Crippen molar-refractivity contribution in [2.24, 2.45) is 0 Å². The normalized spacial score (nSPS) is 12.6. The predicted octanol–water partition coefficient (Wildman–Crippen LogP) is 4.40. The highest BCUT2D eigenvalue weighted by atomic mass is 16.5. The molecule has 0 rings (SSSR count). The minimum Gasteiger partial charge on any atom is -0.479 e. The zero-order chi connectivity index (χ0) is 13.6. The fraction of sp³-hybridized carbons (Fsp3) is 0.933. The second-order valence-corrected chi connectivity index (χ2v) is 4.96. The molecule has 1 atom stereocenters. The van der Waals surface area contributed by atoms with E-state index < -0.39 is 12.1 Å². The number of hydrogen-bond acceptors (Lipinski definition) is 2. The molecule has 3 nitrogen and oxygen atoms in total. The Labute approximate surface area is 112 Å². The molecule has 108 valence electrons. The van der Waals surface area contributed by atoms with Gasteiger partial charge in [0.05, 0.1) is 0 Å². The quantitative estimate of drug-likeness (QED) is 0.498. The monoisotopic (exact) mass is 258 g/mol. The summed E-state index contributed by atoms with van der Waals surface area (Å²) in [5.74, 6) is -0.808. The molecule has 0 aromatic carbocycles. The van der Waals surface area contributed by atoms with Crippen LogP contribution in [0, 0.1) is 0 Å². The van der Waals surface area contributed by atoms with Gasteiger partial charge in [-0.1, -0.05) is 65.2 Å². The standard InChI is InChI=1S/C15H30O3/c1-3-5-7-8-9-10-11-12-14(15(16)17)18-13-6-4-2/h14H,3-13H2,1-2H3,(H,16,17). The van der Waals surface area contributed by atoms with E-state index in [9.17, 15) is 4.79 Å². The minimum absolute atomic E-state index is 0.573. The number of carbonyl (C=O) groups is 1. The molecule has 0 saturated carbocycles. The SMILES string of the molecule is CCCCCCCCCC(OCCCC)C(=O)O. The molecule has 1 unspecified atom stereocenters. The fourth-order valence-corrected chi connectivity index (χ4v) is 1.93. The van der Waals surface area contributed by atoms with Crippen molar-refractivity contribution in [2.45, 2.75) is 84.2 Å². The highest BCUT2D eigenvalue weighted by molar-refractivity contribution is 5.72. The molecule has 0 aromatic heterocycles. The number of unbranched alkanes of at least 4 members (excludes halogenated alkanes) is 7. The molecule has 1 N–H and O–H groups in total. The molecule has 0 amide bonds. The maximum absolute atomic E-state index is 11.0. The van der Waals surface area contributed by atoms with Gasteiger partial charge in [-0.05, 0) is 12.8 Å². The average molecular weight is 258 g/mol. The summed E-state index contributed by atoms with van der Waals surface area (Å²) in [6, 6.07) is 0. The Morgan fingerprint density at radius 1 is 0.944 bits per heavy atom. The van der Waals surface area contributed by atoms with E-state index in [1.807, 2.05) is 0 Å². The molecule has 0 aromatic rings. The van der Waals surface area contributed by atoms with Gasteiger partial charge in [0.2, 0.25) is 0 Å². The van der Waals surface area contributed by atoms with Crippen molar-refractivity contribution in [3.8, 4) is 0 Å². The third kappa shape index (κ3) is 10.6. The molecular weight excluding hydrogens is 228 g/mol. The Bertz CT molecular complexity index is 192. The van der Waals surface area contributed by atoms with Crippen molar-refractivity contribution in [2.75, 3.05) is 6.61 Å². The van der Waals surface area contributed by atoms with Crippen molar-refractivity contribution >= 4 is 5.97 Å². The highest BCUT2D eigenvalue weighted by Crippen LogP contribution is 2.11. The Morgan fingerprint density at radius 3 is 2.06 bits per heavy atom. The van der Waals surface area contributed by atoms with E-state index in [0.717, 1.165) is 25.7 Å². The summed E-state index contributed by atoms with van der Waals surface area (Å²) in [5, 5.41) is 9.02. The van der Waals surface area contributed by atoms with E-state index in [4.69, 9.17) is 9.84 Å². The molecule has 0 saturated heterocycles. The van der Waals surface area contributed by atoms with Crippen molar-refractivity contribution in [3.05, 3.63) is 0 Å². The van der Waals surface area contributed by atoms with Gasteiger partial charge in [-0.25, -0.2) is 4.79 Å². The van der Waals surface area contributed by atoms with Gasteiger partial charge < -0.3 is 9.84 Å². The molecule has 0 aliphatic carbocycles. The van der Waals surface area contributed by atoms with Crippen LogP contribution in [0.1, 0.15) is 78.1 Å². The number of carboxylic acid groups (broad SMARTS) is 1. The number of rotatable bonds is 13. The lowest BCUT2D eigenvalue weighted by Crippen LogP contribution is -2.24. The molecule has 0 heterocycles. The molecule has 0 aliphatic rings. The van der Waals surface area contributed by atoms with Gasteiger partial charge in [0.1, 0.15) is 0 Å². The molecule has 18 heavy (non-hydrogen) atoms. The zero-order valence-corrected chi connectivity index (χ0v) is 12.1. The van der Waals surface area contributed by atoms with Gasteiger partial charge in [0, 0.05) is 6.61 Å². The van der Waals surface area contributed by atoms with Crippen molar-refractivity contribution in [1.82, 2.24) is 0 Å². The van der Waals surface area contributed by atoms with E-state index >= 15 is 0 Å². The molecular formula is C15H30O3. The second kappa shape index (κ2) is 12.9. The van der Waals surface area contributed by atoms with Crippen molar-refractivity contribution in [3.63, 3.8) is 0 Å². The molecule has 0 radical (unpaired) electrons. The van der Waals surface area contributed by atoms with Crippen molar-refractivity contribution < 1.29 is 14.6 Å². The first-order valence-corrected chi connectivity index (χ1v) is 7.56. The predicted molar refractivity (Wildman–Crippen MR) is 74.9 cm³/mol. The molecule has 0 bridgehead atoms. The van der Waals surface area contributed by atoms with Gasteiger partial charge in [-0.3, -0.25) is 0 Å². The van der Waals surface area contributed by atoms with Crippen LogP contribution < -0.4 is 0 Å². The van der Waals surface area contributed by atoms with Gasteiger partial charge in [0.25, 0.3) is 0 Å². The maximum Gasteiger partial charge on any atom is 0.332 e. The molecule has 0 fully saturated rings. The van der Waals surface area contributed by atoms with E-state index in [2.05, 4.69) is 13.8 Å². The summed E-state index contributed by atoms with van der Waals surface area (Å²) in [6.07, 6.45) is 10.6. The van der Waals surface area contributed by atoms with Crippen LogP contribution in [0.4, 0.5) is 0 Å². The summed E-state index contributed by atoms with van der Waals surface area (Å²) >= 11 is 0. The summed E-state index contributed by atoms with van der Waals surface area (Å²) in [6.45, 7) is 4.87. The molecule has 0 aliphatic heterocycles. The summed E-state index contributed by atoms with van der Waals surface area (Å²) in [4.78, 5) is 11.0. The topological polar surface area (TPSA) is 46.5 Å². The number of ether oxygens (including phenoxy) is 1. The first-order valence-electron chi connectivity index (χ1n) is 7.56. The maximum atomic E-state index is 11.0. The van der Waals surface area contributed by atoms with Crippen molar-refractivity contribution in [1.29, 1.82) is 0 Å². The number of hydrogen-bond donors (Lipinski definition) is 1. The summed E-state index contributed by atoms with van der Waals surface area (Å²) in [5.41, 5.74) is 0. The minimum atomic E-state index is -0.808. The lowest BCUT2D eigenvalue weighted by atomic mass is 10.1. The lowest BCUT2D eigenvalue weighted by molar-refractivity contribution is -0.151. The lowest BCUT2D eigenvalue weighted by Gasteiger charge is -2.13. The van der Waals surface area contributed by atoms with Gasteiger partial charge in [-0.15, -0.1) is 0 Å². The molecule has 3 heteroatoms. The van der Waals surface area contributed by atoms with Crippen LogP contribution in [-0.4, -0.2) is 23.8 Å². The van der Waals surface area contributed by atoms with E-state index in [1.54, 1.807) is 0 Å². The Balaban J connectivity index is 3.49. The third-order valence-corrected chi connectivity index (χ3v) is 3.16.